The van der Waals surface area contributed by atoms with Gasteiger partial charge >= 0.3 is 0 Å². The van der Waals surface area contributed by atoms with E-state index < -0.39 is 0 Å². The first kappa shape index (κ1) is 6.48. The van der Waals surface area contributed by atoms with Gasteiger partial charge in [0, 0.05) is 0 Å². The lowest BCUT2D eigenvalue weighted by atomic mass is 10.4. The summed E-state index contributed by atoms with van der Waals surface area (Å²) in [5.41, 5.74) is 2.56. The van der Waals surface area contributed by atoms with Crippen LogP contribution in [0.4, 0.5) is 0 Å². The van der Waals surface area contributed by atoms with Crippen molar-refractivity contribution in [2.75, 3.05) is 7.11 Å². The number of terminal acetylenes is 1. The zero-order chi connectivity index (χ0) is 5.70. The van der Waals surface area contributed by atoms with Gasteiger partial charge in [-0.1, -0.05) is 5.92 Å². The minimum absolute atomic E-state index is 0.00463. The second-order valence-electron chi connectivity index (χ2n) is 1.21. The van der Waals surface area contributed by atoms with E-state index in [9.17, 15) is 0 Å². The van der Waals surface area contributed by atoms with Crippen molar-refractivity contribution < 1.29 is 4.84 Å². The molecule has 0 aromatic heterocycles. The lowest BCUT2D eigenvalue weighted by Crippen LogP contribution is -2.22. The van der Waals surface area contributed by atoms with E-state index in [0.29, 0.717) is 0 Å². The third-order valence-corrected chi connectivity index (χ3v) is 0.545. The fraction of sp³-hybridized carbons (Fsp3) is 0.600. The Morgan fingerprint density at radius 2 is 2.43 bits per heavy atom. The summed E-state index contributed by atoms with van der Waals surface area (Å²) < 4.78 is 0. The first-order valence-electron chi connectivity index (χ1n) is 2.06. The Morgan fingerprint density at radius 3 is 2.57 bits per heavy atom. The average Bonchev–Trinajstić information content (AvgIpc) is 1.68. The summed E-state index contributed by atoms with van der Waals surface area (Å²) >= 11 is 0. The van der Waals surface area contributed by atoms with E-state index in [4.69, 9.17) is 6.42 Å². The first-order valence-corrected chi connectivity index (χ1v) is 2.06. The van der Waals surface area contributed by atoms with E-state index in [0.717, 1.165) is 0 Å². The highest BCUT2D eigenvalue weighted by atomic mass is 16.6. The molecule has 1 N–H and O–H groups in total. The van der Waals surface area contributed by atoms with Crippen molar-refractivity contribution in [3.05, 3.63) is 0 Å². The smallest absolute Gasteiger partial charge is 0.0897 e. The first-order chi connectivity index (χ1) is 3.31. The Morgan fingerprint density at radius 1 is 1.86 bits per heavy atom. The van der Waals surface area contributed by atoms with Crippen molar-refractivity contribution in [1.29, 1.82) is 0 Å². The molecule has 0 fully saturated rings. The van der Waals surface area contributed by atoms with Crippen molar-refractivity contribution in [2.24, 2.45) is 0 Å². The van der Waals surface area contributed by atoms with E-state index >= 15 is 0 Å². The van der Waals surface area contributed by atoms with Gasteiger partial charge in [-0.15, -0.1) is 6.42 Å². The summed E-state index contributed by atoms with van der Waals surface area (Å²) in [5, 5.41) is 0. The largest absolute Gasteiger partial charge is 0.304 e. The van der Waals surface area contributed by atoms with Gasteiger partial charge in [0.1, 0.15) is 0 Å². The van der Waals surface area contributed by atoms with Crippen molar-refractivity contribution in [2.45, 2.75) is 13.0 Å². The molecule has 0 radical (unpaired) electrons. The Kier molecular flexibility index (Phi) is 3.39. The van der Waals surface area contributed by atoms with Crippen LogP contribution in [0, 0.1) is 12.3 Å². The van der Waals surface area contributed by atoms with Gasteiger partial charge in [-0.3, -0.25) is 0 Å². The van der Waals surface area contributed by atoms with E-state index in [1.807, 2.05) is 6.92 Å². The zero-order valence-corrected chi connectivity index (χ0v) is 4.56. The predicted octanol–water partition coefficient (Wildman–Crippen LogP) is 0.159. The summed E-state index contributed by atoms with van der Waals surface area (Å²) in [7, 11) is 1.54. The van der Waals surface area contributed by atoms with Crippen LogP contribution in [0.5, 0.6) is 0 Å². The molecular weight excluding hydrogens is 90.1 g/mol. The molecule has 40 valence electrons. The standard InChI is InChI=1S/C5H9NO/c1-4-5(2)6-7-3/h1,5-6H,2-3H3. The second-order valence-corrected chi connectivity index (χ2v) is 1.21. The minimum Gasteiger partial charge on any atom is -0.304 e. The number of hydrogen-bond donors (Lipinski definition) is 1. The van der Waals surface area contributed by atoms with Crippen molar-refractivity contribution in [1.82, 2.24) is 5.48 Å². The number of hydrogen-bond acceptors (Lipinski definition) is 2. The minimum atomic E-state index is 0.00463. The summed E-state index contributed by atoms with van der Waals surface area (Å²) in [6.45, 7) is 1.84. The zero-order valence-electron chi connectivity index (χ0n) is 4.56. The Balaban J connectivity index is 3.04. The maximum atomic E-state index is 4.97. The summed E-state index contributed by atoms with van der Waals surface area (Å²) in [5.74, 6) is 2.43. The molecular formula is C5H9NO. The van der Waals surface area contributed by atoms with E-state index in [-0.39, 0.29) is 6.04 Å². The molecule has 1 unspecified atom stereocenters. The number of hydroxylamine groups is 1. The van der Waals surface area contributed by atoms with Gasteiger partial charge in [-0.2, -0.15) is 5.48 Å². The van der Waals surface area contributed by atoms with Crippen LogP contribution in [0.3, 0.4) is 0 Å². The van der Waals surface area contributed by atoms with Crippen LogP contribution in [-0.2, 0) is 4.84 Å². The number of nitrogens with one attached hydrogen (secondary N) is 1. The van der Waals surface area contributed by atoms with Gasteiger partial charge in [0.05, 0.1) is 13.2 Å². The Hall–Kier alpha value is -0.520. The molecule has 0 aliphatic heterocycles. The van der Waals surface area contributed by atoms with Gasteiger partial charge in [0.2, 0.25) is 0 Å². The van der Waals surface area contributed by atoms with Crippen LogP contribution in [0.2, 0.25) is 0 Å². The Labute approximate surface area is 43.8 Å². The normalized spacial score (nSPS) is 12.7. The maximum Gasteiger partial charge on any atom is 0.0897 e. The molecule has 0 aromatic rings. The molecule has 1 atom stereocenters. The molecule has 0 spiro atoms. The SMILES string of the molecule is C#CC(C)NOC. The van der Waals surface area contributed by atoms with Gasteiger partial charge in [-0.25, -0.2) is 0 Å². The number of rotatable bonds is 2. The third kappa shape index (κ3) is 3.31. The van der Waals surface area contributed by atoms with Crippen LogP contribution in [-0.4, -0.2) is 13.2 Å². The van der Waals surface area contributed by atoms with Crippen molar-refractivity contribution in [3.8, 4) is 12.3 Å². The van der Waals surface area contributed by atoms with E-state index in [1.54, 1.807) is 0 Å². The molecule has 0 bridgehead atoms. The van der Waals surface area contributed by atoms with Crippen LogP contribution >= 0.6 is 0 Å². The predicted molar refractivity (Wildman–Crippen MR) is 28.4 cm³/mol. The highest BCUT2D eigenvalue weighted by Gasteiger charge is 1.87. The molecule has 0 amide bonds. The topological polar surface area (TPSA) is 21.3 Å². The van der Waals surface area contributed by atoms with Gasteiger partial charge in [0.15, 0.2) is 0 Å². The molecule has 0 aliphatic carbocycles. The summed E-state index contributed by atoms with van der Waals surface area (Å²) in [4.78, 5) is 4.50. The van der Waals surface area contributed by atoms with Crippen LogP contribution in [0.25, 0.3) is 0 Å². The second kappa shape index (κ2) is 3.66. The van der Waals surface area contributed by atoms with Gasteiger partial charge in [0.25, 0.3) is 0 Å². The molecule has 0 rings (SSSR count). The van der Waals surface area contributed by atoms with Crippen LogP contribution in [0.1, 0.15) is 6.92 Å². The molecule has 0 saturated carbocycles. The van der Waals surface area contributed by atoms with Crippen LogP contribution in [0.15, 0.2) is 0 Å². The fourth-order valence-corrected chi connectivity index (χ4v) is 0.211. The molecule has 7 heavy (non-hydrogen) atoms. The monoisotopic (exact) mass is 99.1 g/mol. The molecule has 0 saturated heterocycles. The maximum absolute atomic E-state index is 4.97. The van der Waals surface area contributed by atoms with E-state index in [1.165, 1.54) is 7.11 Å². The fourth-order valence-electron chi connectivity index (χ4n) is 0.211. The van der Waals surface area contributed by atoms with E-state index in [2.05, 4.69) is 16.2 Å². The summed E-state index contributed by atoms with van der Waals surface area (Å²) in [6.07, 6.45) is 4.97. The Bertz CT molecular complexity index is 74.6. The molecule has 2 heteroatoms. The van der Waals surface area contributed by atoms with Gasteiger partial charge in [-0.05, 0) is 6.92 Å². The molecule has 0 aromatic carbocycles. The highest BCUT2D eigenvalue weighted by molar-refractivity contribution is 4.93. The average molecular weight is 99.1 g/mol. The summed E-state index contributed by atoms with van der Waals surface area (Å²) in [6, 6.07) is 0.00463. The third-order valence-electron chi connectivity index (χ3n) is 0.545. The van der Waals surface area contributed by atoms with Crippen LogP contribution < -0.4 is 5.48 Å². The van der Waals surface area contributed by atoms with Crippen molar-refractivity contribution >= 4 is 0 Å². The lowest BCUT2D eigenvalue weighted by molar-refractivity contribution is 0.0806. The van der Waals surface area contributed by atoms with Crippen molar-refractivity contribution in [3.63, 3.8) is 0 Å². The highest BCUT2D eigenvalue weighted by Crippen LogP contribution is 1.71. The lowest BCUT2D eigenvalue weighted by Gasteiger charge is -2.00. The van der Waals surface area contributed by atoms with Gasteiger partial charge < -0.3 is 4.84 Å². The molecule has 0 aliphatic rings. The molecule has 2 nitrogen and oxygen atoms in total. The quantitative estimate of drug-likeness (QED) is 0.393. The molecule has 0 heterocycles.